The molecule has 3 aromatic heterocycles. The highest BCUT2D eigenvalue weighted by Crippen LogP contribution is 2.29. The Kier molecular flexibility index (Phi) is 7.40. The van der Waals surface area contributed by atoms with Gasteiger partial charge in [0.1, 0.15) is 5.58 Å². The number of ether oxygens (including phenoxy) is 1. The van der Waals surface area contributed by atoms with Gasteiger partial charge in [0, 0.05) is 73.7 Å². The van der Waals surface area contributed by atoms with Gasteiger partial charge in [-0.15, -0.1) is 0 Å². The number of hydrogen-bond acceptors (Lipinski definition) is 6. The molecular weight excluding hydrogens is 436 g/mol. The molecule has 1 fully saturated rings. The maximum absolute atomic E-state index is 5.85. The molecule has 1 aliphatic rings. The van der Waals surface area contributed by atoms with Crippen LogP contribution in [0.2, 0.25) is 0 Å². The van der Waals surface area contributed by atoms with Crippen molar-refractivity contribution in [2.45, 2.75) is 25.7 Å². The zero-order valence-corrected chi connectivity index (χ0v) is 20.7. The number of benzene rings is 1. The van der Waals surface area contributed by atoms with Crippen LogP contribution in [0.3, 0.4) is 0 Å². The van der Waals surface area contributed by atoms with Crippen molar-refractivity contribution in [3.05, 3.63) is 78.4 Å². The van der Waals surface area contributed by atoms with Crippen molar-refractivity contribution in [2.75, 3.05) is 46.4 Å². The third-order valence-electron chi connectivity index (χ3n) is 7.04. The fourth-order valence-corrected chi connectivity index (χ4v) is 4.96. The van der Waals surface area contributed by atoms with Crippen LogP contribution in [0.15, 0.2) is 71.6 Å². The van der Waals surface area contributed by atoms with Gasteiger partial charge in [0.15, 0.2) is 0 Å². The lowest BCUT2D eigenvalue weighted by Gasteiger charge is -2.35. The molecule has 4 aromatic rings. The predicted octanol–water partition coefficient (Wildman–Crippen LogP) is 5.25. The Balaban J connectivity index is 1.12. The monoisotopic (exact) mass is 470 g/mol. The molecule has 4 heterocycles. The molecule has 0 radical (unpaired) electrons. The fourth-order valence-electron chi connectivity index (χ4n) is 4.96. The van der Waals surface area contributed by atoms with Gasteiger partial charge in [-0.2, -0.15) is 0 Å². The molecule has 6 heteroatoms. The van der Waals surface area contributed by atoms with E-state index in [2.05, 4.69) is 57.0 Å². The standard InChI is InChI=1S/C29H34N4O2/c1-22(27-7-3-4-12-30-27)20-33-16-14-32(15-17-33)13-5-6-25-21-35-28-10-8-23(18-26(25)28)24-9-11-29(34-2)31-19-24/h3-4,7-12,18-19,21-22H,5-6,13-17,20H2,1-2H3/t22-/m1/s1. The number of pyridine rings is 2. The fraction of sp³-hybridized carbons (Fsp3) is 0.379. The second-order valence-electron chi connectivity index (χ2n) is 9.46. The van der Waals surface area contributed by atoms with E-state index in [1.54, 1.807) is 7.11 Å². The van der Waals surface area contributed by atoms with Crippen LogP contribution in [0.5, 0.6) is 5.88 Å². The molecule has 0 aliphatic carbocycles. The molecule has 6 nitrogen and oxygen atoms in total. The first-order chi connectivity index (χ1) is 17.2. The Labute approximate surface area is 207 Å². The van der Waals surface area contributed by atoms with E-state index in [9.17, 15) is 0 Å². The molecule has 0 spiro atoms. The van der Waals surface area contributed by atoms with Gasteiger partial charge >= 0.3 is 0 Å². The van der Waals surface area contributed by atoms with E-state index in [1.165, 1.54) is 16.6 Å². The highest BCUT2D eigenvalue weighted by atomic mass is 16.5. The van der Waals surface area contributed by atoms with Gasteiger partial charge in [0.05, 0.1) is 13.4 Å². The zero-order valence-electron chi connectivity index (χ0n) is 20.7. The number of aryl methyl sites for hydroxylation is 1. The first-order valence-electron chi connectivity index (χ1n) is 12.6. The van der Waals surface area contributed by atoms with Crippen molar-refractivity contribution in [1.29, 1.82) is 0 Å². The first-order valence-corrected chi connectivity index (χ1v) is 12.6. The molecule has 1 atom stereocenters. The van der Waals surface area contributed by atoms with E-state index in [4.69, 9.17) is 9.15 Å². The third kappa shape index (κ3) is 5.72. The summed E-state index contributed by atoms with van der Waals surface area (Å²) in [4.78, 5) is 14.0. The van der Waals surface area contributed by atoms with Crippen LogP contribution >= 0.6 is 0 Å². The van der Waals surface area contributed by atoms with Crippen molar-refractivity contribution in [2.24, 2.45) is 0 Å². The Hall–Kier alpha value is -3.22. The number of piperazine rings is 1. The number of nitrogens with zero attached hydrogens (tertiary/aromatic N) is 4. The molecule has 182 valence electrons. The largest absolute Gasteiger partial charge is 0.481 e. The molecule has 1 aromatic carbocycles. The Bertz CT molecular complexity index is 1210. The van der Waals surface area contributed by atoms with E-state index in [-0.39, 0.29) is 0 Å². The summed E-state index contributed by atoms with van der Waals surface area (Å²) in [5, 5.41) is 1.20. The molecule has 5 rings (SSSR count). The normalized spacial score (nSPS) is 15.9. The number of hydrogen-bond donors (Lipinski definition) is 0. The van der Waals surface area contributed by atoms with Crippen LogP contribution in [0.4, 0.5) is 0 Å². The van der Waals surface area contributed by atoms with E-state index in [0.717, 1.165) is 68.8 Å². The summed E-state index contributed by atoms with van der Waals surface area (Å²) in [6.07, 6.45) is 7.83. The van der Waals surface area contributed by atoms with Crippen molar-refractivity contribution < 1.29 is 9.15 Å². The Morgan fingerprint density at radius 3 is 2.54 bits per heavy atom. The molecule has 0 bridgehead atoms. The van der Waals surface area contributed by atoms with Crippen LogP contribution in [0, 0.1) is 0 Å². The molecule has 0 amide bonds. The van der Waals surface area contributed by atoms with Gasteiger partial charge in [0.25, 0.3) is 0 Å². The first kappa shape index (κ1) is 23.5. The summed E-state index contributed by atoms with van der Waals surface area (Å²) in [5.41, 5.74) is 5.64. The summed E-state index contributed by atoms with van der Waals surface area (Å²) in [7, 11) is 1.63. The van der Waals surface area contributed by atoms with Crippen molar-refractivity contribution in [3.8, 4) is 17.0 Å². The average molecular weight is 471 g/mol. The van der Waals surface area contributed by atoms with Crippen molar-refractivity contribution in [3.63, 3.8) is 0 Å². The van der Waals surface area contributed by atoms with E-state index in [1.807, 2.05) is 36.9 Å². The smallest absolute Gasteiger partial charge is 0.212 e. The van der Waals surface area contributed by atoms with Gasteiger partial charge in [-0.3, -0.25) is 4.98 Å². The van der Waals surface area contributed by atoms with E-state index >= 15 is 0 Å². The topological polar surface area (TPSA) is 54.6 Å². The molecule has 1 saturated heterocycles. The van der Waals surface area contributed by atoms with Crippen LogP contribution in [-0.4, -0.2) is 66.1 Å². The van der Waals surface area contributed by atoms with Crippen molar-refractivity contribution in [1.82, 2.24) is 19.8 Å². The number of aromatic nitrogens is 2. The molecule has 0 unspecified atom stereocenters. The van der Waals surface area contributed by atoms with Gasteiger partial charge in [-0.1, -0.05) is 19.1 Å². The van der Waals surface area contributed by atoms with Gasteiger partial charge in [-0.05, 0) is 60.8 Å². The molecule has 0 saturated carbocycles. The number of methoxy groups -OCH3 is 1. The maximum atomic E-state index is 5.85. The average Bonchev–Trinajstić information content (AvgIpc) is 3.32. The zero-order chi connectivity index (χ0) is 24.0. The number of rotatable bonds is 9. The van der Waals surface area contributed by atoms with Crippen LogP contribution in [0.25, 0.3) is 22.1 Å². The second-order valence-corrected chi connectivity index (χ2v) is 9.46. The maximum Gasteiger partial charge on any atom is 0.212 e. The summed E-state index contributed by atoms with van der Waals surface area (Å²) in [5.74, 6) is 1.10. The molecule has 35 heavy (non-hydrogen) atoms. The van der Waals surface area contributed by atoms with Gasteiger partial charge in [0.2, 0.25) is 5.88 Å². The van der Waals surface area contributed by atoms with Crippen LogP contribution < -0.4 is 4.74 Å². The minimum atomic E-state index is 0.468. The predicted molar refractivity (Wildman–Crippen MR) is 140 cm³/mol. The second kappa shape index (κ2) is 11.0. The minimum Gasteiger partial charge on any atom is -0.481 e. The molecule has 0 N–H and O–H groups in total. The molecular formula is C29H34N4O2. The van der Waals surface area contributed by atoms with Crippen molar-refractivity contribution >= 4 is 11.0 Å². The van der Waals surface area contributed by atoms with E-state index in [0.29, 0.717) is 11.8 Å². The van der Waals surface area contributed by atoms with Gasteiger partial charge < -0.3 is 19.0 Å². The van der Waals surface area contributed by atoms with Crippen LogP contribution in [-0.2, 0) is 6.42 Å². The highest BCUT2D eigenvalue weighted by molar-refractivity contribution is 5.86. The third-order valence-corrected chi connectivity index (χ3v) is 7.04. The summed E-state index contributed by atoms with van der Waals surface area (Å²) >= 11 is 0. The Morgan fingerprint density at radius 2 is 1.80 bits per heavy atom. The number of fused-ring (bicyclic) bond motifs is 1. The summed E-state index contributed by atoms with van der Waals surface area (Å²) < 4.78 is 11.0. The summed E-state index contributed by atoms with van der Waals surface area (Å²) in [6.45, 7) is 9.01. The quantitative estimate of drug-likeness (QED) is 0.333. The Morgan fingerprint density at radius 1 is 0.971 bits per heavy atom. The minimum absolute atomic E-state index is 0.468. The lowest BCUT2D eigenvalue weighted by molar-refractivity contribution is 0.127. The summed E-state index contributed by atoms with van der Waals surface area (Å²) in [6, 6.07) is 16.5. The van der Waals surface area contributed by atoms with Crippen LogP contribution in [0.1, 0.15) is 30.5 Å². The van der Waals surface area contributed by atoms with E-state index < -0.39 is 0 Å². The lowest BCUT2D eigenvalue weighted by atomic mass is 10.0. The van der Waals surface area contributed by atoms with Gasteiger partial charge in [-0.25, -0.2) is 4.98 Å². The number of furan rings is 1. The lowest BCUT2D eigenvalue weighted by Crippen LogP contribution is -2.47. The molecule has 1 aliphatic heterocycles. The SMILES string of the molecule is COc1ccc(-c2ccc3occ(CCCN4CCN(C[C@@H](C)c5ccccn5)CC4)c3c2)cn1. The highest BCUT2D eigenvalue weighted by Gasteiger charge is 2.19.